The third-order valence-electron chi connectivity index (χ3n) is 4.17. The van der Waals surface area contributed by atoms with Crippen molar-refractivity contribution in [3.05, 3.63) is 45.2 Å². The van der Waals surface area contributed by atoms with Gasteiger partial charge >= 0.3 is 0 Å². The van der Waals surface area contributed by atoms with Crippen LogP contribution in [0.3, 0.4) is 0 Å². The lowest BCUT2D eigenvalue weighted by Gasteiger charge is -2.26. The Balaban J connectivity index is 2.07. The molecule has 0 unspecified atom stereocenters. The summed E-state index contributed by atoms with van der Waals surface area (Å²) >= 11 is 5.97. The Kier molecular flexibility index (Phi) is 3.50. The second kappa shape index (κ2) is 5.30. The Labute approximate surface area is 122 Å². The minimum atomic E-state index is -0.232. The molecule has 0 saturated heterocycles. The zero-order valence-electron chi connectivity index (χ0n) is 11.1. The van der Waals surface area contributed by atoms with E-state index < -0.39 is 0 Å². The van der Waals surface area contributed by atoms with E-state index in [4.69, 9.17) is 16.9 Å². The van der Waals surface area contributed by atoms with Gasteiger partial charge in [-0.25, -0.2) is 0 Å². The monoisotopic (exact) mass is 286 g/mol. The molecule has 3 rings (SSSR count). The summed E-state index contributed by atoms with van der Waals surface area (Å²) in [5, 5.41) is 10.2. The quantitative estimate of drug-likeness (QED) is 0.863. The maximum absolute atomic E-state index is 12.2. The first kappa shape index (κ1) is 13.2. The van der Waals surface area contributed by atoms with Crippen molar-refractivity contribution in [1.29, 1.82) is 5.26 Å². The predicted molar refractivity (Wildman–Crippen MR) is 79.9 cm³/mol. The molecule has 1 saturated carbocycles. The first-order valence-corrected chi connectivity index (χ1v) is 7.29. The zero-order valence-corrected chi connectivity index (χ0v) is 11.9. The second-order valence-electron chi connectivity index (χ2n) is 5.42. The number of aromatic nitrogens is 1. The number of hydrogen-bond acceptors (Lipinski definition) is 2. The van der Waals surface area contributed by atoms with Crippen LogP contribution < -0.4 is 5.43 Å². The average molecular weight is 287 g/mol. The maximum atomic E-state index is 12.2. The number of hydrogen-bond donors (Lipinski definition) is 0. The highest BCUT2D eigenvalue weighted by atomic mass is 35.5. The maximum Gasteiger partial charge on any atom is 0.207 e. The molecule has 0 atom stereocenters. The average Bonchev–Trinajstić information content (AvgIpc) is 2.39. The largest absolute Gasteiger partial charge is 0.346 e. The van der Waals surface area contributed by atoms with E-state index in [0.717, 1.165) is 24.4 Å². The number of rotatable bonds is 3. The van der Waals surface area contributed by atoms with Crippen LogP contribution in [0.4, 0.5) is 0 Å². The molecule has 4 heteroatoms. The molecule has 1 aromatic heterocycles. The first-order chi connectivity index (χ1) is 9.69. The molecule has 2 aromatic rings. The number of halogens is 1. The standard InChI is InChI=1S/C16H15ClN2O/c17-13-4-5-15-14(8-13)16(20)12(9-18)10-19(15)7-6-11-2-1-3-11/h4-5,8,10-11H,1-3,6-7H2. The van der Waals surface area contributed by atoms with Crippen molar-refractivity contribution in [1.82, 2.24) is 4.57 Å². The third kappa shape index (κ3) is 2.32. The Bertz CT molecular complexity index is 753. The molecule has 1 aliphatic carbocycles. The van der Waals surface area contributed by atoms with E-state index in [2.05, 4.69) is 0 Å². The Hall–Kier alpha value is -1.79. The van der Waals surface area contributed by atoms with Crippen LogP contribution in [0.15, 0.2) is 29.2 Å². The van der Waals surface area contributed by atoms with E-state index in [0.29, 0.717) is 10.4 Å². The molecule has 0 spiro atoms. The van der Waals surface area contributed by atoms with Gasteiger partial charge in [-0.3, -0.25) is 4.79 Å². The number of aryl methyl sites for hydroxylation is 1. The van der Waals surface area contributed by atoms with Gasteiger partial charge in [0.1, 0.15) is 11.6 Å². The lowest BCUT2D eigenvalue weighted by Crippen LogP contribution is -2.17. The summed E-state index contributed by atoms with van der Waals surface area (Å²) in [6, 6.07) is 7.29. The molecule has 102 valence electrons. The molecular formula is C16H15ClN2O. The minimum Gasteiger partial charge on any atom is -0.346 e. The molecule has 0 N–H and O–H groups in total. The van der Waals surface area contributed by atoms with Crippen LogP contribution in [0.25, 0.3) is 10.9 Å². The molecule has 0 bridgehead atoms. The van der Waals surface area contributed by atoms with Gasteiger partial charge in [0, 0.05) is 23.2 Å². The van der Waals surface area contributed by atoms with Crippen molar-refractivity contribution in [3.8, 4) is 6.07 Å². The van der Waals surface area contributed by atoms with E-state index in [-0.39, 0.29) is 11.0 Å². The molecule has 0 radical (unpaired) electrons. The van der Waals surface area contributed by atoms with Crippen LogP contribution in [0, 0.1) is 17.2 Å². The van der Waals surface area contributed by atoms with Crippen molar-refractivity contribution < 1.29 is 0 Å². The molecule has 1 aromatic carbocycles. The lowest BCUT2D eigenvalue weighted by atomic mass is 9.83. The molecule has 1 aliphatic rings. The van der Waals surface area contributed by atoms with E-state index in [1.54, 1.807) is 18.3 Å². The highest BCUT2D eigenvalue weighted by Crippen LogP contribution is 2.30. The molecule has 0 amide bonds. The Morgan fingerprint density at radius 3 is 2.85 bits per heavy atom. The summed E-state index contributed by atoms with van der Waals surface area (Å²) in [6.45, 7) is 0.845. The third-order valence-corrected chi connectivity index (χ3v) is 4.40. The summed E-state index contributed by atoms with van der Waals surface area (Å²) in [5.74, 6) is 0.794. The van der Waals surface area contributed by atoms with Crippen LogP contribution in [-0.2, 0) is 6.54 Å². The van der Waals surface area contributed by atoms with Crippen LogP contribution in [0.2, 0.25) is 5.02 Å². The molecule has 3 nitrogen and oxygen atoms in total. The minimum absolute atomic E-state index is 0.188. The molecule has 0 aliphatic heterocycles. The van der Waals surface area contributed by atoms with Gasteiger partial charge in [0.05, 0.1) is 5.52 Å². The first-order valence-electron chi connectivity index (χ1n) is 6.92. The fourth-order valence-corrected chi connectivity index (χ4v) is 2.91. The summed E-state index contributed by atoms with van der Waals surface area (Å²) in [7, 11) is 0. The van der Waals surface area contributed by atoms with Gasteiger partial charge in [0.25, 0.3) is 0 Å². The van der Waals surface area contributed by atoms with E-state index in [9.17, 15) is 4.79 Å². The zero-order chi connectivity index (χ0) is 14.1. The van der Waals surface area contributed by atoms with E-state index >= 15 is 0 Å². The van der Waals surface area contributed by atoms with Crippen LogP contribution in [0.5, 0.6) is 0 Å². The molecular weight excluding hydrogens is 272 g/mol. The van der Waals surface area contributed by atoms with Crippen LogP contribution >= 0.6 is 11.6 Å². The Morgan fingerprint density at radius 1 is 1.40 bits per heavy atom. The van der Waals surface area contributed by atoms with Crippen molar-refractivity contribution in [2.75, 3.05) is 0 Å². The van der Waals surface area contributed by atoms with Gasteiger partial charge in [-0.2, -0.15) is 5.26 Å². The van der Waals surface area contributed by atoms with E-state index in [1.165, 1.54) is 19.3 Å². The summed E-state index contributed by atoms with van der Waals surface area (Å²) < 4.78 is 2.02. The van der Waals surface area contributed by atoms with Crippen LogP contribution in [-0.4, -0.2) is 4.57 Å². The van der Waals surface area contributed by atoms with Gasteiger partial charge in [0.2, 0.25) is 5.43 Å². The fraction of sp³-hybridized carbons (Fsp3) is 0.375. The fourth-order valence-electron chi connectivity index (χ4n) is 2.74. The van der Waals surface area contributed by atoms with Gasteiger partial charge < -0.3 is 4.57 Å². The highest BCUT2D eigenvalue weighted by Gasteiger charge is 2.17. The smallest absolute Gasteiger partial charge is 0.207 e. The predicted octanol–water partition coefficient (Wildman–Crippen LogP) is 3.72. The van der Waals surface area contributed by atoms with Gasteiger partial charge in [-0.05, 0) is 30.5 Å². The normalized spacial score (nSPS) is 15.0. The Morgan fingerprint density at radius 2 is 2.20 bits per heavy atom. The topological polar surface area (TPSA) is 45.8 Å². The van der Waals surface area contributed by atoms with E-state index in [1.807, 2.05) is 16.7 Å². The highest BCUT2D eigenvalue weighted by molar-refractivity contribution is 6.31. The molecule has 20 heavy (non-hydrogen) atoms. The number of fused-ring (bicyclic) bond motifs is 1. The molecule has 1 heterocycles. The van der Waals surface area contributed by atoms with Gasteiger partial charge in [-0.1, -0.05) is 30.9 Å². The summed E-state index contributed by atoms with van der Waals surface area (Å²) in [6.07, 6.45) is 6.71. The number of benzene rings is 1. The van der Waals surface area contributed by atoms with Crippen molar-refractivity contribution in [2.45, 2.75) is 32.2 Å². The van der Waals surface area contributed by atoms with Crippen LogP contribution in [0.1, 0.15) is 31.2 Å². The number of nitrogens with zero attached hydrogens (tertiary/aromatic N) is 2. The summed E-state index contributed by atoms with van der Waals surface area (Å²) in [4.78, 5) is 12.2. The van der Waals surface area contributed by atoms with Gasteiger partial charge in [0.15, 0.2) is 0 Å². The SMILES string of the molecule is N#Cc1cn(CCC2CCC2)c2ccc(Cl)cc2c1=O. The summed E-state index contributed by atoms with van der Waals surface area (Å²) in [5.41, 5.74) is 0.816. The van der Waals surface area contributed by atoms with Crippen molar-refractivity contribution in [2.24, 2.45) is 5.92 Å². The molecule has 1 fully saturated rings. The van der Waals surface area contributed by atoms with Gasteiger partial charge in [-0.15, -0.1) is 0 Å². The van der Waals surface area contributed by atoms with Crippen molar-refractivity contribution >= 4 is 22.5 Å². The van der Waals surface area contributed by atoms with Crippen molar-refractivity contribution in [3.63, 3.8) is 0 Å². The number of nitriles is 1. The second-order valence-corrected chi connectivity index (χ2v) is 5.86. The number of pyridine rings is 1. The lowest BCUT2D eigenvalue weighted by molar-refractivity contribution is 0.283.